The zero-order valence-electron chi connectivity index (χ0n) is 19.8. The van der Waals surface area contributed by atoms with Crippen LogP contribution >= 0.6 is 0 Å². The molecule has 3 aliphatic heterocycles. The molecule has 0 spiro atoms. The molecule has 1 atom stereocenters. The van der Waals surface area contributed by atoms with Gasteiger partial charge in [0.25, 0.3) is 11.8 Å². The Morgan fingerprint density at radius 1 is 1.06 bits per heavy atom. The summed E-state index contributed by atoms with van der Waals surface area (Å²) in [4.78, 5) is 45.4. The summed E-state index contributed by atoms with van der Waals surface area (Å²) in [5, 5.41) is 2.91. The first kappa shape index (κ1) is 23.1. The summed E-state index contributed by atoms with van der Waals surface area (Å²) >= 11 is 0. The van der Waals surface area contributed by atoms with Crippen molar-refractivity contribution in [2.24, 2.45) is 0 Å². The Morgan fingerprint density at radius 3 is 2.57 bits per heavy atom. The van der Waals surface area contributed by atoms with Gasteiger partial charge in [0.15, 0.2) is 11.5 Å². The van der Waals surface area contributed by atoms with Gasteiger partial charge in [-0.25, -0.2) is 0 Å². The van der Waals surface area contributed by atoms with E-state index in [0.29, 0.717) is 60.2 Å². The highest BCUT2D eigenvalue weighted by molar-refractivity contribution is 6.18. The molecule has 184 valence electrons. The molecule has 1 saturated heterocycles. The molecule has 0 aromatic heterocycles. The van der Waals surface area contributed by atoms with Crippen LogP contribution in [0.4, 0.5) is 5.69 Å². The molecule has 10 heteroatoms. The van der Waals surface area contributed by atoms with Crippen molar-refractivity contribution in [3.63, 3.8) is 0 Å². The Labute approximate surface area is 203 Å². The molecule has 0 bridgehead atoms. The molecule has 0 saturated carbocycles. The Kier molecular flexibility index (Phi) is 6.31. The van der Waals surface area contributed by atoms with Crippen molar-refractivity contribution in [2.45, 2.75) is 6.17 Å². The number of carbonyl (C=O) groups excluding carboxylic acids is 3. The quantitative estimate of drug-likeness (QED) is 0.637. The van der Waals surface area contributed by atoms with E-state index in [1.165, 1.54) is 19.1 Å². The number of carbonyl (C=O) groups is 3. The second-order valence-corrected chi connectivity index (χ2v) is 8.57. The number of hydrogen-bond acceptors (Lipinski definition) is 7. The van der Waals surface area contributed by atoms with Crippen molar-refractivity contribution in [1.82, 2.24) is 15.1 Å². The lowest BCUT2D eigenvalue weighted by molar-refractivity contribution is -0.122. The Morgan fingerprint density at radius 2 is 1.83 bits per heavy atom. The molecule has 3 aliphatic rings. The van der Waals surface area contributed by atoms with Gasteiger partial charge in [0.1, 0.15) is 12.7 Å². The second-order valence-electron chi connectivity index (χ2n) is 8.57. The SMILES string of the molecule is COc1ccc2c(c1OC)C(=O)N1c3ccccc3C(=O)N(CC(=O)NCCN3CCOCC3)[C@@H]21. The van der Waals surface area contributed by atoms with Crippen LogP contribution in [0.5, 0.6) is 11.5 Å². The largest absolute Gasteiger partial charge is 0.493 e. The van der Waals surface area contributed by atoms with E-state index in [9.17, 15) is 14.4 Å². The van der Waals surface area contributed by atoms with E-state index in [-0.39, 0.29) is 24.3 Å². The first-order chi connectivity index (χ1) is 17.0. The summed E-state index contributed by atoms with van der Waals surface area (Å²) in [6, 6.07) is 10.4. The number of anilines is 1. The average Bonchev–Trinajstić information content (AvgIpc) is 3.19. The zero-order valence-corrected chi connectivity index (χ0v) is 19.8. The first-order valence-electron chi connectivity index (χ1n) is 11.6. The van der Waals surface area contributed by atoms with Crippen LogP contribution in [0.15, 0.2) is 36.4 Å². The number of rotatable bonds is 7. The highest BCUT2D eigenvalue weighted by atomic mass is 16.5. The standard InChI is InChI=1S/C25H28N4O6/c1-33-19-8-7-17-21(22(19)34-2)25(32)29-18-6-4-3-5-16(18)24(31)28(23(17)29)15-20(30)26-9-10-27-11-13-35-14-12-27/h3-8,23H,9-15H2,1-2H3,(H,26,30)/t23-/m1/s1. The third kappa shape index (κ3) is 3.98. The number of benzene rings is 2. The number of methoxy groups -OCH3 is 2. The van der Waals surface area contributed by atoms with Crippen LogP contribution in [0.2, 0.25) is 0 Å². The van der Waals surface area contributed by atoms with Gasteiger partial charge >= 0.3 is 0 Å². The summed E-state index contributed by atoms with van der Waals surface area (Å²) in [7, 11) is 2.98. The van der Waals surface area contributed by atoms with Gasteiger partial charge in [-0.3, -0.25) is 24.2 Å². The van der Waals surface area contributed by atoms with Crippen molar-refractivity contribution < 1.29 is 28.6 Å². The van der Waals surface area contributed by atoms with E-state index in [2.05, 4.69) is 10.2 Å². The summed E-state index contributed by atoms with van der Waals surface area (Å²) in [5.74, 6) is -0.165. The fourth-order valence-electron chi connectivity index (χ4n) is 4.97. The number of ether oxygens (including phenoxy) is 3. The zero-order chi connectivity index (χ0) is 24.5. The molecule has 0 aliphatic carbocycles. The van der Waals surface area contributed by atoms with E-state index >= 15 is 0 Å². The van der Waals surface area contributed by atoms with Gasteiger partial charge in [-0.05, 0) is 18.2 Å². The van der Waals surface area contributed by atoms with Gasteiger partial charge < -0.3 is 24.4 Å². The van der Waals surface area contributed by atoms with Gasteiger partial charge in [-0.15, -0.1) is 0 Å². The maximum absolute atomic E-state index is 13.7. The lowest BCUT2D eigenvalue weighted by atomic mass is 10.0. The van der Waals surface area contributed by atoms with Crippen LogP contribution in [0.25, 0.3) is 0 Å². The number of amides is 3. The maximum atomic E-state index is 13.7. The van der Waals surface area contributed by atoms with Crippen LogP contribution in [0, 0.1) is 0 Å². The Balaban J connectivity index is 1.44. The molecule has 1 N–H and O–H groups in total. The summed E-state index contributed by atoms with van der Waals surface area (Å²) in [5.41, 5.74) is 1.81. The summed E-state index contributed by atoms with van der Waals surface area (Å²) in [6.45, 7) is 4.03. The molecule has 2 aromatic rings. The number of morpholine rings is 1. The molecular formula is C25H28N4O6. The Bertz CT molecular complexity index is 1160. The van der Waals surface area contributed by atoms with Crippen LogP contribution in [0.1, 0.15) is 32.4 Å². The van der Waals surface area contributed by atoms with Gasteiger partial charge in [0.05, 0.1) is 44.2 Å². The maximum Gasteiger partial charge on any atom is 0.264 e. The van der Waals surface area contributed by atoms with E-state index in [1.54, 1.807) is 41.3 Å². The van der Waals surface area contributed by atoms with E-state index < -0.39 is 6.17 Å². The molecule has 3 heterocycles. The fourth-order valence-corrected chi connectivity index (χ4v) is 4.97. The third-order valence-electron chi connectivity index (χ3n) is 6.65. The molecule has 0 radical (unpaired) electrons. The minimum Gasteiger partial charge on any atom is -0.493 e. The van der Waals surface area contributed by atoms with Crippen LogP contribution in [0.3, 0.4) is 0 Å². The molecule has 0 unspecified atom stereocenters. The number of fused-ring (bicyclic) bond motifs is 5. The highest BCUT2D eigenvalue weighted by Gasteiger charge is 2.50. The number of hydrogen-bond donors (Lipinski definition) is 1. The predicted octanol–water partition coefficient (Wildman–Crippen LogP) is 1.27. The first-order valence-corrected chi connectivity index (χ1v) is 11.6. The fraction of sp³-hybridized carbons (Fsp3) is 0.400. The molecule has 5 rings (SSSR count). The number of nitrogens with zero attached hydrogens (tertiary/aromatic N) is 3. The normalized spacial score (nSPS) is 19.2. The molecule has 3 amide bonds. The molecule has 2 aromatic carbocycles. The van der Waals surface area contributed by atoms with Crippen molar-refractivity contribution >= 4 is 23.4 Å². The molecule has 1 fully saturated rings. The lowest BCUT2D eigenvalue weighted by Gasteiger charge is -2.40. The van der Waals surface area contributed by atoms with Crippen molar-refractivity contribution in [2.75, 3.05) is 65.1 Å². The predicted molar refractivity (Wildman–Crippen MR) is 127 cm³/mol. The average molecular weight is 481 g/mol. The van der Waals surface area contributed by atoms with E-state index in [1.807, 2.05) is 0 Å². The smallest absolute Gasteiger partial charge is 0.264 e. The van der Waals surface area contributed by atoms with Crippen LogP contribution < -0.4 is 19.7 Å². The third-order valence-corrected chi connectivity index (χ3v) is 6.65. The van der Waals surface area contributed by atoms with Gasteiger partial charge in [0.2, 0.25) is 5.91 Å². The van der Waals surface area contributed by atoms with Crippen molar-refractivity contribution in [1.29, 1.82) is 0 Å². The van der Waals surface area contributed by atoms with Gasteiger partial charge in [-0.1, -0.05) is 18.2 Å². The summed E-state index contributed by atoms with van der Waals surface area (Å²) < 4.78 is 16.3. The van der Waals surface area contributed by atoms with Gasteiger partial charge in [-0.2, -0.15) is 0 Å². The van der Waals surface area contributed by atoms with E-state index in [4.69, 9.17) is 14.2 Å². The molecule has 10 nitrogen and oxygen atoms in total. The molecular weight excluding hydrogens is 452 g/mol. The monoisotopic (exact) mass is 480 g/mol. The number of nitrogens with one attached hydrogen (secondary N) is 1. The van der Waals surface area contributed by atoms with Gasteiger partial charge in [0, 0.05) is 31.7 Å². The summed E-state index contributed by atoms with van der Waals surface area (Å²) in [6.07, 6.45) is -0.760. The highest BCUT2D eigenvalue weighted by Crippen LogP contribution is 2.49. The minimum atomic E-state index is -0.760. The topological polar surface area (TPSA) is 101 Å². The van der Waals surface area contributed by atoms with Crippen LogP contribution in [-0.4, -0.2) is 87.7 Å². The minimum absolute atomic E-state index is 0.182. The number of para-hydroxylation sites is 1. The lowest BCUT2D eigenvalue weighted by Crippen LogP contribution is -2.52. The van der Waals surface area contributed by atoms with Crippen LogP contribution in [-0.2, 0) is 9.53 Å². The second kappa shape index (κ2) is 9.55. The molecule has 35 heavy (non-hydrogen) atoms. The van der Waals surface area contributed by atoms with Crippen molar-refractivity contribution in [3.05, 3.63) is 53.1 Å². The van der Waals surface area contributed by atoms with Crippen molar-refractivity contribution in [3.8, 4) is 11.5 Å². The van der Waals surface area contributed by atoms with E-state index in [0.717, 1.165) is 13.1 Å². The Hall–Kier alpha value is -3.63.